The van der Waals surface area contributed by atoms with Gasteiger partial charge in [0.2, 0.25) is 0 Å². The number of alkyl halides is 1. The molecule has 1 aromatic rings. The smallest absolute Gasteiger partial charge is 0.193 e. The van der Waals surface area contributed by atoms with E-state index < -0.39 is 0 Å². The molecule has 0 aliphatic carbocycles. The number of thiophene rings is 1. The Morgan fingerprint density at radius 3 is 3.08 bits per heavy atom. The summed E-state index contributed by atoms with van der Waals surface area (Å²) in [4.78, 5) is 1.16. The maximum absolute atomic E-state index is 5.67. The maximum atomic E-state index is 5.67. The maximum Gasteiger partial charge on any atom is 0.193 e. The molecule has 1 aliphatic heterocycles. The summed E-state index contributed by atoms with van der Waals surface area (Å²) >= 11 is 7.34. The van der Waals surface area contributed by atoms with Gasteiger partial charge >= 0.3 is 0 Å². The van der Waals surface area contributed by atoms with Gasteiger partial charge in [0.25, 0.3) is 0 Å². The van der Waals surface area contributed by atoms with Gasteiger partial charge in [0.15, 0.2) is 6.29 Å². The SMILES string of the molecule is Cc1ccsc1[C@@H]1OC[C@H](CCl)O1. The van der Waals surface area contributed by atoms with Crippen molar-refractivity contribution in [2.45, 2.75) is 19.3 Å². The molecule has 2 atom stereocenters. The molecule has 0 saturated carbocycles. The normalized spacial score (nSPS) is 28.2. The second-order valence-corrected chi connectivity index (χ2v) is 4.30. The standard InChI is InChI=1S/C9H11ClO2S/c1-6-2-3-13-8(6)9-11-5-7(4-10)12-9/h2-3,7,9H,4-5H2,1H3/t7-,9+/m0/s1. The van der Waals surface area contributed by atoms with Crippen molar-refractivity contribution in [1.82, 2.24) is 0 Å². The minimum Gasteiger partial charge on any atom is -0.345 e. The third-order valence-corrected chi connectivity index (χ3v) is 3.42. The topological polar surface area (TPSA) is 18.5 Å². The van der Waals surface area contributed by atoms with Gasteiger partial charge in [0.1, 0.15) is 0 Å². The molecular weight excluding hydrogens is 208 g/mol. The van der Waals surface area contributed by atoms with Gasteiger partial charge in [-0.15, -0.1) is 22.9 Å². The van der Waals surface area contributed by atoms with Gasteiger partial charge in [0.05, 0.1) is 23.5 Å². The zero-order valence-corrected chi connectivity index (χ0v) is 8.90. The van der Waals surface area contributed by atoms with Crippen molar-refractivity contribution in [2.75, 3.05) is 12.5 Å². The highest BCUT2D eigenvalue weighted by Crippen LogP contribution is 2.32. The van der Waals surface area contributed by atoms with Crippen LogP contribution in [0, 0.1) is 6.92 Å². The lowest BCUT2D eigenvalue weighted by Gasteiger charge is -2.08. The van der Waals surface area contributed by atoms with Crippen LogP contribution < -0.4 is 0 Å². The van der Waals surface area contributed by atoms with Gasteiger partial charge in [-0.2, -0.15) is 0 Å². The zero-order chi connectivity index (χ0) is 9.26. The van der Waals surface area contributed by atoms with Crippen LogP contribution in [0.1, 0.15) is 16.7 Å². The van der Waals surface area contributed by atoms with Crippen LogP contribution in [0.4, 0.5) is 0 Å². The van der Waals surface area contributed by atoms with Gasteiger partial charge in [-0.3, -0.25) is 0 Å². The first-order chi connectivity index (χ1) is 6.31. The van der Waals surface area contributed by atoms with E-state index >= 15 is 0 Å². The second kappa shape index (κ2) is 3.96. The predicted molar refractivity (Wildman–Crippen MR) is 53.3 cm³/mol. The molecule has 1 aromatic heterocycles. The molecule has 0 radical (unpaired) electrons. The molecule has 0 bridgehead atoms. The first kappa shape index (κ1) is 9.46. The average Bonchev–Trinajstić information content (AvgIpc) is 2.71. The van der Waals surface area contributed by atoms with Gasteiger partial charge in [0, 0.05) is 0 Å². The number of rotatable bonds is 2. The van der Waals surface area contributed by atoms with E-state index in [1.54, 1.807) is 11.3 Å². The Kier molecular flexibility index (Phi) is 2.89. The molecular formula is C9H11ClO2S. The molecule has 0 spiro atoms. The van der Waals surface area contributed by atoms with Gasteiger partial charge in [-0.1, -0.05) is 0 Å². The number of aryl methyl sites for hydroxylation is 1. The van der Waals surface area contributed by atoms with E-state index in [2.05, 4.69) is 13.0 Å². The lowest BCUT2D eigenvalue weighted by atomic mass is 10.3. The molecule has 72 valence electrons. The average molecular weight is 219 g/mol. The Labute approximate surface area is 86.4 Å². The highest BCUT2D eigenvalue weighted by molar-refractivity contribution is 7.10. The molecule has 2 nitrogen and oxygen atoms in total. The van der Waals surface area contributed by atoms with Crippen molar-refractivity contribution in [2.24, 2.45) is 0 Å². The highest BCUT2D eigenvalue weighted by Gasteiger charge is 2.28. The van der Waals surface area contributed by atoms with E-state index in [4.69, 9.17) is 21.1 Å². The molecule has 2 heterocycles. The van der Waals surface area contributed by atoms with Crippen LogP contribution in [0.2, 0.25) is 0 Å². The lowest BCUT2D eigenvalue weighted by molar-refractivity contribution is -0.0544. The van der Waals surface area contributed by atoms with E-state index in [9.17, 15) is 0 Å². The van der Waals surface area contributed by atoms with Crippen LogP contribution in [0.5, 0.6) is 0 Å². The minimum atomic E-state index is -0.191. The first-order valence-electron chi connectivity index (χ1n) is 4.18. The number of ether oxygens (including phenoxy) is 2. The number of hydrogen-bond acceptors (Lipinski definition) is 3. The van der Waals surface area contributed by atoms with Crippen LogP contribution >= 0.6 is 22.9 Å². The van der Waals surface area contributed by atoms with Crippen LogP contribution in [0.3, 0.4) is 0 Å². The molecule has 4 heteroatoms. The lowest BCUT2D eigenvalue weighted by Crippen LogP contribution is -2.10. The van der Waals surface area contributed by atoms with Crippen molar-refractivity contribution < 1.29 is 9.47 Å². The van der Waals surface area contributed by atoms with Crippen molar-refractivity contribution in [3.63, 3.8) is 0 Å². The Balaban J connectivity index is 2.08. The highest BCUT2D eigenvalue weighted by atomic mass is 35.5. The molecule has 2 rings (SSSR count). The molecule has 1 fully saturated rings. The van der Waals surface area contributed by atoms with E-state index in [0.717, 1.165) is 4.88 Å². The van der Waals surface area contributed by atoms with Crippen molar-refractivity contribution in [3.05, 3.63) is 21.9 Å². The minimum absolute atomic E-state index is 0.0492. The molecule has 1 saturated heterocycles. The van der Waals surface area contributed by atoms with Crippen LogP contribution in [-0.2, 0) is 9.47 Å². The summed E-state index contributed by atoms with van der Waals surface area (Å²) in [6, 6.07) is 2.07. The second-order valence-electron chi connectivity index (χ2n) is 3.05. The number of halogens is 1. The van der Waals surface area contributed by atoms with E-state index in [0.29, 0.717) is 12.5 Å². The number of hydrogen-bond donors (Lipinski definition) is 0. The van der Waals surface area contributed by atoms with E-state index in [-0.39, 0.29) is 12.4 Å². The van der Waals surface area contributed by atoms with Crippen LogP contribution in [0.25, 0.3) is 0 Å². The Bertz CT molecular complexity index is 287. The predicted octanol–water partition coefficient (Wildman–Crippen LogP) is 2.71. The molecule has 0 N–H and O–H groups in total. The summed E-state index contributed by atoms with van der Waals surface area (Å²) in [5, 5.41) is 2.05. The molecule has 1 aliphatic rings. The summed E-state index contributed by atoms with van der Waals surface area (Å²) in [6.07, 6.45) is -0.142. The molecule has 0 unspecified atom stereocenters. The fourth-order valence-corrected chi connectivity index (χ4v) is 2.36. The third kappa shape index (κ3) is 1.89. The quantitative estimate of drug-likeness (QED) is 0.711. The molecule has 0 amide bonds. The monoisotopic (exact) mass is 218 g/mol. The van der Waals surface area contributed by atoms with Crippen molar-refractivity contribution in [3.8, 4) is 0 Å². The van der Waals surface area contributed by atoms with Crippen molar-refractivity contribution >= 4 is 22.9 Å². The Morgan fingerprint density at radius 2 is 2.54 bits per heavy atom. The molecule has 13 heavy (non-hydrogen) atoms. The van der Waals surface area contributed by atoms with Gasteiger partial charge in [-0.25, -0.2) is 0 Å². The Hall–Kier alpha value is -0.0900. The zero-order valence-electron chi connectivity index (χ0n) is 7.33. The van der Waals surface area contributed by atoms with Crippen molar-refractivity contribution in [1.29, 1.82) is 0 Å². The third-order valence-electron chi connectivity index (χ3n) is 2.04. The van der Waals surface area contributed by atoms with Crippen LogP contribution in [-0.4, -0.2) is 18.6 Å². The summed E-state index contributed by atoms with van der Waals surface area (Å²) in [5.74, 6) is 0.501. The summed E-state index contributed by atoms with van der Waals surface area (Å²) < 4.78 is 11.1. The first-order valence-corrected chi connectivity index (χ1v) is 5.59. The largest absolute Gasteiger partial charge is 0.345 e. The van der Waals surface area contributed by atoms with Gasteiger partial charge in [-0.05, 0) is 23.9 Å². The fourth-order valence-electron chi connectivity index (χ4n) is 1.29. The van der Waals surface area contributed by atoms with E-state index in [1.807, 2.05) is 5.38 Å². The van der Waals surface area contributed by atoms with Crippen LogP contribution in [0.15, 0.2) is 11.4 Å². The summed E-state index contributed by atoms with van der Waals surface area (Å²) in [6.45, 7) is 2.66. The molecule has 0 aromatic carbocycles. The summed E-state index contributed by atoms with van der Waals surface area (Å²) in [5.41, 5.74) is 1.23. The Morgan fingerprint density at radius 1 is 1.69 bits per heavy atom. The summed E-state index contributed by atoms with van der Waals surface area (Å²) in [7, 11) is 0. The van der Waals surface area contributed by atoms with Gasteiger partial charge < -0.3 is 9.47 Å². The van der Waals surface area contributed by atoms with E-state index in [1.165, 1.54) is 5.56 Å². The fraction of sp³-hybridized carbons (Fsp3) is 0.556.